The van der Waals surface area contributed by atoms with Crippen molar-refractivity contribution >= 4 is 31.8 Å². The predicted octanol–water partition coefficient (Wildman–Crippen LogP) is 1.79. The molecule has 8 heteroatoms. The highest BCUT2D eigenvalue weighted by Crippen LogP contribution is 2.18. The SMILES string of the molecule is COCCN(C(=O)NCc1ccc(Br)cc1)C1CCS(=O)(=O)C1. The van der Waals surface area contributed by atoms with Crippen molar-refractivity contribution in [1.82, 2.24) is 10.2 Å². The molecule has 1 atom stereocenters. The van der Waals surface area contributed by atoms with Crippen molar-refractivity contribution in [3.05, 3.63) is 34.3 Å². The molecular weight excluding hydrogens is 384 g/mol. The van der Waals surface area contributed by atoms with Crippen LogP contribution in [0, 0.1) is 0 Å². The van der Waals surface area contributed by atoms with Crippen molar-refractivity contribution in [2.24, 2.45) is 0 Å². The van der Waals surface area contributed by atoms with Gasteiger partial charge in [0.15, 0.2) is 9.84 Å². The van der Waals surface area contributed by atoms with Crippen LogP contribution in [0.1, 0.15) is 12.0 Å². The summed E-state index contributed by atoms with van der Waals surface area (Å²) < 4.78 is 29.3. The van der Waals surface area contributed by atoms with Crippen LogP contribution in [-0.4, -0.2) is 57.2 Å². The summed E-state index contributed by atoms with van der Waals surface area (Å²) in [4.78, 5) is 14.0. The molecule has 0 bridgehead atoms. The topological polar surface area (TPSA) is 75.7 Å². The standard InChI is InChI=1S/C15H21BrN2O4S/c1-22-8-7-18(14-6-9-23(20,21)11-14)15(19)17-10-12-2-4-13(16)5-3-12/h2-5,14H,6-11H2,1H3,(H,17,19). The lowest BCUT2D eigenvalue weighted by Gasteiger charge is -2.28. The van der Waals surface area contributed by atoms with E-state index in [2.05, 4.69) is 21.2 Å². The molecule has 0 aromatic heterocycles. The van der Waals surface area contributed by atoms with Crippen LogP contribution in [0.5, 0.6) is 0 Å². The summed E-state index contributed by atoms with van der Waals surface area (Å²) >= 11 is 3.37. The summed E-state index contributed by atoms with van der Waals surface area (Å²) in [5, 5.41) is 2.85. The molecular formula is C15H21BrN2O4S. The highest BCUT2D eigenvalue weighted by atomic mass is 79.9. The highest BCUT2D eigenvalue weighted by molar-refractivity contribution is 9.10. The third-order valence-electron chi connectivity index (χ3n) is 3.80. The molecule has 1 aliphatic heterocycles. The summed E-state index contributed by atoms with van der Waals surface area (Å²) in [6.45, 7) is 1.15. The van der Waals surface area contributed by atoms with Crippen LogP contribution < -0.4 is 5.32 Å². The maximum absolute atomic E-state index is 12.4. The molecule has 1 unspecified atom stereocenters. The van der Waals surface area contributed by atoms with E-state index in [1.54, 1.807) is 12.0 Å². The Hall–Kier alpha value is -1.12. The van der Waals surface area contributed by atoms with Crippen LogP contribution >= 0.6 is 15.9 Å². The number of urea groups is 1. The number of ether oxygens (including phenoxy) is 1. The number of carbonyl (C=O) groups is 1. The molecule has 23 heavy (non-hydrogen) atoms. The van der Waals surface area contributed by atoms with Gasteiger partial charge in [-0.05, 0) is 24.1 Å². The lowest BCUT2D eigenvalue weighted by Crippen LogP contribution is -2.48. The molecule has 1 N–H and O–H groups in total. The minimum absolute atomic E-state index is 0.0302. The number of nitrogens with one attached hydrogen (secondary N) is 1. The van der Waals surface area contributed by atoms with E-state index in [9.17, 15) is 13.2 Å². The summed E-state index contributed by atoms with van der Waals surface area (Å²) in [7, 11) is -1.48. The van der Waals surface area contributed by atoms with Gasteiger partial charge in [-0.15, -0.1) is 0 Å². The van der Waals surface area contributed by atoms with Gasteiger partial charge in [-0.2, -0.15) is 0 Å². The van der Waals surface area contributed by atoms with E-state index >= 15 is 0 Å². The van der Waals surface area contributed by atoms with Gasteiger partial charge in [0.05, 0.1) is 18.1 Å². The first kappa shape index (κ1) is 18.2. The van der Waals surface area contributed by atoms with Crippen molar-refractivity contribution in [2.45, 2.75) is 19.0 Å². The number of carbonyl (C=O) groups excluding carboxylic acids is 1. The quantitative estimate of drug-likeness (QED) is 0.783. The first-order valence-corrected chi connectivity index (χ1v) is 10.0. The number of sulfone groups is 1. The Kier molecular flexibility index (Phi) is 6.43. The molecule has 6 nitrogen and oxygen atoms in total. The average Bonchev–Trinajstić information content (AvgIpc) is 2.87. The Labute approximate surface area is 145 Å². The Morgan fingerprint density at radius 2 is 2.09 bits per heavy atom. The van der Waals surface area contributed by atoms with Crippen molar-refractivity contribution < 1.29 is 17.9 Å². The van der Waals surface area contributed by atoms with E-state index < -0.39 is 9.84 Å². The molecule has 1 aromatic carbocycles. The largest absolute Gasteiger partial charge is 0.383 e. The lowest BCUT2D eigenvalue weighted by atomic mass is 10.2. The van der Waals surface area contributed by atoms with Gasteiger partial charge in [0.1, 0.15) is 0 Å². The molecule has 1 fully saturated rings. The molecule has 0 aliphatic carbocycles. The second-order valence-corrected chi connectivity index (χ2v) is 8.67. The first-order valence-electron chi connectivity index (χ1n) is 7.39. The molecule has 0 saturated carbocycles. The smallest absolute Gasteiger partial charge is 0.318 e. The normalized spacial score (nSPS) is 19.5. The summed E-state index contributed by atoms with van der Waals surface area (Å²) in [6, 6.07) is 7.13. The fourth-order valence-corrected chi connectivity index (χ4v) is 4.54. The maximum atomic E-state index is 12.4. The third kappa shape index (κ3) is 5.47. The zero-order valence-corrected chi connectivity index (χ0v) is 15.4. The Bertz CT molecular complexity index is 633. The van der Waals surface area contributed by atoms with E-state index in [0.717, 1.165) is 10.0 Å². The van der Waals surface area contributed by atoms with Crippen LogP contribution in [0.2, 0.25) is 0 Å². The zero-order chi connectivity index (χ0) is 16.9. The molecule has 2 amide bonds. The predicted molar refractivity (Wildman–Crippen MR) is 92.0 cm³/mol. The second-order valence-electron chi connectivity index (χ2n) is 5.53. The van der Waals surface area contributed by atoms with Crippen LogP contribution in [0.4, 0.5) is 4.79 Å². The monoisotopic (exact) mass is 404 g/mol. The minimum atomic E-state index is -3.04. The number of hydrogen-bond acceptors (Lipinski definition) is 4. The zero-order valence-electron chi connectivity index (χ0n) is 13.0. The third-order valence-corrected chi connectivity index (χ3v) is 6.08. The van der Waals surface area contributed by atoms with Gasteiger partial charge >= 0.3 is 6.03 Å². The molecule has 128 valence electrons. The number of hydrogen-bond donors (Lipinski definition) is 1. The van der Waals surface area contributed by atoms with Crippen molar-refractivity contribution in [3.8, 4) is 0 Å². The van der Waals surface area contributed by atoms with Crippen molar-refractivity contribution in [2.75, 3.05) is 31.8 Å². The number of benzene rings is 1. The highest BCUT2D eigenvalue weighted by Gasteiger charge is 2.34. The van der Waals surface area contributed by atoms with Gasteiger partial charge in [0, 0.05) is 30.7 Å². The van der Waals surface area contributed by atoms with E-state index in [1.165, 1.54) is 0 Å². The van der Waals surface area contributed by atoms with Crippen molar-refractivity contribution in [3.63, 3.8) is 0 Å². The van der Waals surface area contributed by atoms with Crippen LogP contribution in [-0.2, 0) is 21.1 Å². The molecule has 1 heterocycles. The molecule has 0 radical (unpaired) electrons. The molecule has 2 rings (SSSR count). The number of methoxy groups -OCH3 is 1. The molecule has 0 spiro atoms. The summed E-state index contributed by atoms with van der Waals surface area (Å²) in [5.74, 6) is 0.170. The van der Waals surface area contributed by atoms with E-state index in [1.807, 2.05) is 24.3 Å². The average molecular weight is 405 g/mol. The van der Waals surface area contributed by atoms with Gasteiger partial charge in [-0.25, -0.2) is 13.2 Å². The minimum Gasteiger partial charge on any atom is -0.383 e. The summed E-state index contributed by atoms with van der Waals surface area (Å²) in [5.41, 5.74) is 0.979. The fourth-order valence-electron chi connectivity index (χ4n) is 2.54. The number of nitrogens with zero attached hydrogens (tertiary/aromatic N) is 1. The summed E-state index contributed by atoms with van der Waals surface area (Å²) in [6.07, 6.45) is 0.484. The lowest BCUT2D eigenvalue weighted by molar-refractivity contribution is 0.133. The Morgan fingerprint density at radius 3 is 2.65 bits per heavy atom. The van der Waals surface area contributed by atoms with E-state index in [-0.39, 0.29) is 23.6 Å². The molecule has 1 aliphatic rings. The van der Waals surface area contributed by atoms with Gasteiger partial charge in [-0.1, -0.05) is 28.1 Å². The molecule has 1 saturated heterocycles. The van der Waals surface area contributed by atoms with Crippen molar-refractivity contribution in [1.29, 1.82) is 0 Å². The van der Waals surface area contributed by atoms with Gasteiger partial charge in [-0.3, -0.25) is 0 Å². The van der Waals surface area contributed by atoms with E-state index in [4.69, 9.17) is 4.74 Å². The molecule has 1 aromatic rings. The number of halogens is 1. The van der Waals surface area contributed by atoms with Gasteiger partial charge in [0.2, 0.25) is 0 Å². The Morgan fingerprint density at radius 1 is 1.39 bits per heavy atom. The van der Waals surface area contributed by atoms with E-state index in [0.29, 0.717) is 26.1 Å². The number of amides is 2. The maximum Gasteiger partial charge on any atom is 0.318 e. The van der Waals surface area contributed by atoms with Crippen LogP contribution in [0.25, 0.3) is 0 Å². The van der Waals surface area contributed by atoms with Gasteiger partial charge < -0.3 is 15.0 Å². The first-order chi connectivity index (χ1) is 10.9. The second kappa shape index (κ2) is 8.12. The van der Waals surface area contributed by atoms with Crippen LogP contribution in [0.15, 0.2) is 28.7 Å². The van der Waals surface area contributed by atoms with Gasteiger partial charge in [0.25, 0.3) is 0 Å². The number of rotatable bonds is 6. The fraction of sp³-hybridized carbons (Fsp3) is 0.533. The Balaban J connectivity index is 1.97. The van der Waals surface area contributed by atoms with Crippen LogP contribution in [0.3, 0.4) is 0 Å².